The Bertz CT molecular complexity index is 346. The van der Waals surface area contributed by atoms with Gasteiger partial charge >= 0.3 is 0 Å². The normalized spacial score (nSPS) is 32.3. The van der Waals surface area contributed by atoms with Gasteiger partial charge in [-0.3, -0.25) is 9.69 Å². The van der Waals surface area contributed by atoms with Gasteiger partial charge < -0.3 is 15.8 Å². The number of likely N-dealkylation sites (N-methyl/N-ethyl adjacent to an activating group) is 1. The van der Waals surface area contributed by atoms with Gasteiger partial charge in [0.05, 0.1) is 12.1 Å². The molecule has 3 unspecified atom stereocenters. The molecule has 5 nitrogen and oxygen atoms in total. The Labute approximate surface area is 122 Å². The number of amides is 1. The van der Waals surface area contributed by atoms with Crippen molar-refractivity contribution in [1.82, 2.24) is 10.2 Å². The average Bonchev–Trinajstić information content (AvgIpc) is 3.22. The van der Waals surface area contributed by atoms with E-state index in [0.29, 0.717) is 24.7 Å². The number of carbonyl (C=O) groups excluding carboxylic acids is 1. The van der Waals surface area contributed by atoms with Gasteiger partial charge in [0.25, 0.3) is 0 Å². The number of methoxy groups -OCH3 is 1. The molecule has 0 aromatic carbocycles. The second kappa shape index (κ2) is 6.41. The summed E-state index contributed by atoms with van der Waals surface area (Å²) in [7, 11) is 3.86. The molecular formula is C15H29N3O2. The molecule has 2 aliphatic rings. The van der Waals surface area contributed by atoms with Gasteiger partial charge in [0.1, 0.15) is 0 Å². The highest BCUT2D eigenvalue weighted by atomic mass is 16.5. The minimum atomic E-state index is -0.495. The van der Waals surface area contributed by atoms with Crippen LogP contribution in [0.15, 0.2) is 0 Å². The lowest BCUT2D eigenvalue weighted by molar-refractivity contribution is -0.127. The van der Waals surface area contributed by atoms with Gasteiger partial charge in [-0.1, -0.05) is 0 Å². The van der Waals surface area contributed by atoms with E-state index in [9.17, 15) is 4.79 Å². The zero-order valence-electron chi connectivity index (χ0n) is 13.0. The quantitative estimate of drug-likeness (QED) is 0.727. The van der Waals surface area contributed by atoms with E-state index in [-0.39, 0.29) is 5.91 Å². The van der Waals surface area contributed by atoms with Crippen molar-refractivity contribution in [3.05, 3.63) is 0 Å². The third-order valence-corrected chi connectivity index (χ3v) is 4.93. The monoisotopic (exact) mass is 283 g/mol. The summed E-state index contributed by atoms with van der Waals surface area (Å²) in [4.78, 5) is 14.4. The lowest BCUT2D eigenvalue weighted by Gasteiger charge is -2.44. The summed E-state index contributed by atoms with van der Waals surface area (Å²) in [5.41, 5.74) is 5.24. The van der Waals surface area contributed by atoms with Crippen molar-refractivity contribution < 1.29 is 9.53 Å². The number of nitrogens with two attached hydrogens (primary N) is 1. The lowest BCUT2D eigenvalue weighted by Crippen LogP contribution is -2.61. The summed E-state index contributed by atoms with van der Waals surface area (Å²) in [6.07, 6.45) is 6.24. The smallest absolute Gasteiger partial charge is 0.237 e. The standard InChI is InChI=1S/C15H29N3O2/c1-11(10-20-3)18(2)13-5-4-8-15(9-13,14(16)19)17-12-6-7-12/h11-13,17H,4-10H2,1-3H3,(H2,16,19). The third kappa shape index (κ3) is 3.51. The molecular weight excluding hydrogens is 254 g/mol. The molecule has 3 atom stereocenters. The molecule has 2 rings (SSSR count). The molecule has 3 N–H and O–H groups in total. The first-order valence-electron chi connectivity index (χ1n) is 7.77. The molecule has 0 heterocycles. The highest BCUT2D eigenvalue weighted by Gasteiger charge is 2.45. The van der Waals surface area contributed by atoms with Crippen molar-refractivity contribution in [1.29, 1.82) is 0 Å². The van der Waals surface area contributed by atoms with Crippen LogP contribution in [0.4, 0.5) is 0 Å². The summed E-state index contributed by atoms with van der Waals surface area (Å²) in [6.45, 7) is 2.88. The molecule has 2 aliphatic carbocycles. The SMILES string of the molecule is COCC(C)N(C)C1CCCC(NC2CC2)(C(N)=O)C1. The van der Waals surface area contributed by atoms with Crippen LogP contribution in [0.5, 0.6) is 0 Å². The Hall–Kier alpha value is -0.650. The predicted molar refractivity (Wildman–Crippen MR) is 79.4 cm³/mol. The van der Waals surface area contributed by atoms with Gasteiger partial charge in [0.2, 0.25) is 5.91 Å². The Morgan fingerprint density at radius 3 is 2.75 bits per heavy atom. The average molecular weight is 283 g/mol. The topological polar surface area (TPSA) is 67.6 Å². The predicted octanol–water partition coefficient (Wildman–Crippen LogP) is 0.872. The van der Waals surface area contributed by atoms with Crippen LogP contribution >= 0.6 is 0 Å². The maximum absolute atomic E-state index is 12.0. The summed E-state index contributed by atoms with van der Waals surface area (Å²) < 4.78 is 5.24. The number of primary amides is 1. The fourth-order valence-corrected chi connectivity index (χ4v) is 3.36. The van der Waals surface area contributed by atoms with Crippen LogP contribution in [0, 0.1) is 0 Å². The summed E-state index contributed by atoms with van der Waals surface area (Å²) in [5, 5.41) is 3.53. The highest BCUT2D eigenvalue weighted by Crippen LogP contribution is 2.34. The Morgan fingerprint density at radius 1 is 1.50 bits per heavy atom. The van der Waals surface area contributed by atoms with E-state index < -0.39 is 5.54 Å². The minimum absolute atomic E-state index is 0.179. The summed E-state index contributed by atoms with van der Waals surface area (Å²) in [6, 6.07) is 1.25. The highest BCUT2D eigenvalue weighted by molar-refractivity contribution is 5.85. The van der Waals surface area contributed by atoms with Crippen LogP contribution in [-0.2, 0) is 9.53 Å². The van der Waals surface area contributed by atoms with Gasteiger partial charge in [0.15, 0.2) is 0 Å². The van der Waals surface area contributed by atoms with Crippen LogP contribution in [-0.4, -0.2) is 55.2 Å². The van der Waals surface area contributed by atoms with Crippen LogP contribution < -0.4 is 11.1 Å². The molecule has 2 fully saturated rings. The van der Waals surface area contributed by atoms with Gasteiger partial charge in [-0.2, -0.15) is 0 Å². The van der Waals surface area contributed by atoms with Crippen molar-refractivity contribution >= 4 is 5.91 Å². The molecule has 0 aromatic rings. The molecule has 2 saturated carbocycles. The van der Waals surface area contributed by atoms with E-state index >= 15 is 0 Å². The van der Waals surface area contributed by atoms with Gasteiger partial charge in [-0.15, -0.1) is 0 Å². The van der Waals surface area contributed by atoms with Crippen LogP contribution in [0.1, 0.15) is 45.4 Å². The van der Waals surface area contributed by atoms with Gasteiger partial charge in [0, 0.05) is 25.2 Å². The molecule has 0 bridgehead atoms. The van der Waals surface area contributed by atoms with Gasteiger partial charge in [-0.25, -0.2) is 0 Å². The van der Waals surface area contributed by atoms with Crippen LogP contribution in [0.3, 0.4) is 0 Å². The van der Waals surface area contributed by atoms with Crippen molar-refractivity contribution in [2.75, 3.05) is 20.8 Å². The summed E-state index contributed by atoms with van der Waals surface area (Å²) >= 11 is 0. The minimum Gasteiger partial charge on any atom is -0.383 e. The molecule has 5 heteroatoms. The first-order valence-corrected chi connectivity index (χ1v) is 7.77. The molecule has 0 aliphatic heterocycles. The Morgan fingerprint density at radius 2 is 2.20 bits per heavy atom. The Kier molecular flexibility index (Phi) is 5.04. The van der Waals surface area contributed by atoms with E-state index in [2.05, 4.69) is 24.2 Å². The Balaban J connectivity index is 2.02. The van der Waals surface area contributed by atoms with Crippen LogP contribution in [0.2, 0.25) is 0 Å². The molecule has 1 amide bonds. The second-order valence-corrected chi connectivity index (χ2v) is 6.58. The van der Waals surface area contributed by atoms with E-state index in [0.717, 1.165) is 25.7 Å². The van der Waals surface area contributed by atoms with Gasteiger partial charge in [-0.05, 0) is 52.5 Å². The molecule has 0 spiro atoms. The molecule has 116 valence electrons. The zero-order valence-corrected chi connectivity index (χ0v) is 13.0. The first-order chi connectivity index (χ1) is 9.48. The van der Waals surface area contributed by atoms with Crippen molar-refractivity contribution in [2.45, 2.75) is 69.1 Å². The lowest BCUT2D eigenvalue weighted by atomic mass is 9.77. The number of nitrogens with one attached hydrogen (secondary N) is 1. The first kappa shape index (κ1) is 15.7. The largest absolute Gasteiger partial charge is 0.383 e. The van der Waals surface area contributed by atoms with Crippen molar-refractivity contribution in [3.8, 4) is 0 Å². The molecule has 0 aromatic heterocycles. The van der Waals surface area contributed by atoms with E-state index in [4.69, 9.17) is 10.5 Å². The number of hydrogen-bond acceptors (Lipinski definition) is 4. The number of ether oxygens (including phenoxy) is 1. The maximum Gasteiger partial charge on any atom is 0.237 e. The second-order valence-electron chi connectivity index (χ2n) is 6.58. The number of hydrogen-bond donors (Lipinski definition) is 2. The third-order valence-electron chi connectivity index (χ3n) is 4.93. The van der Waals surface area contributed by atoms with E-state index in [1.54, 1.807) is 7.11 Å². The summed E-state index contributed by atoms with van der Waals surface area (Å²) in [5.74, 6) is -0.179. The van der Waals surface area contributed by atoms with E-state index in [1.807, 2.05) is 0 Å². The fourth-order valence-electron chi connectivity index (χ4n) is 3.36. The van der Waals surface area contributed by atoms with Crippen molar-refractivity contribution in [3.63, 3.8) is 0 Å². The van der Waals surface area contributed by atoms with Crippen molar-refractivity contribution in [2.24, 2.45) is 5.73 Å². The fraction of sp³-hybridized carbons (Fsp3) is 0.933. The molecule has 0 saturated heterocycles. The zero-order chi connectivity index (χ0) is 14.8. The number of nitrogens with zero attached hydrogens (tertiary/aromatic N) is 1. The number of rotatable bonds is 7. The molecule has 20 heavy (non-hydrogen) atoms. The maximum atomic E-state index is 12.0. The van der Waals surface area contributed by atoms with Crippen LogP contribution in [0.25, 0.3) is 0 Å². The van der Waals surface area contributed by atoms with E-state index in [1.165, 1.54) is 12.8 Å². The number of carbonyl (C=O) groups is 1. The molecule has 0 radical (unpaired) electrons.